The van der Waals surface area contributed by atoms with E-state index in [9.17, 15) is 0 Å². The average Bonchev–Trinajstić information content (AvgIpc) is 3.14. The third-order valence-electron chi connectivity index (χ3n) is 3.35. The SMILES string of the molecule is COc1cc2nc(CCl)n(Cc3cccs3)c2cc1OC. The van der Waals surface area contributed by atoms with Gasteiger partial charge in [0.25, 0.3) is 0 Å². The fraction of sp³-hybridized carbons (Fsp3) is 0.267. The van der Waals surface area contributed by atoms with Gasteiger partial charge >= 0.3 is 0 Å². The third-order valence-corrected chi connectivity index (χ3v) is 4.45. The van der Waals surface area contributed by atoms with Crippen LogP contribution in [-0.2, 0) is 12.4 Å². The maximum atomic E-state index is 6.05. The molecule has 110 valence electrons. The molecular weight excluding hydrogens is 308 g/mol. The van der Waals surface area contributed by atoms with Crippen LogP contribution in [0.15, 0.2) is 29.6 Å². The second-order valence-corrected chi connectivity index (χ2v) is 5.82. The molecule has 0 amide bonds. The number of nitrogens with zero attached hydrogens (tertiary/aromatic N) is 2. The quantitative estimate of drug-likeness (QED) is 0.668. The molecular formula is C15H15ClN2O2S. The molecule has 2 aromatic heterocycles. The zero-order valence-corrected chi connectivity index (χ0v) is 13.4. The second-order valence-electron chi connectivity index (χ2n) is 4.52. The van der Waals surface area contributed by atoms with Crippen LogP contribution in [0.4, 0.5) is 0 Å². The van der Waals surface area contributed by atoms with Crippen molar-refractivity contribution in [1.82, 2.24) is 9.55 Å². The normalized spacial score (nSPS) is 11.0. The number of thiophene rings is 1. The molecule has 6 heteroatoms. The first-order chi connectivity index (χ1) is 10.3. The lowest BCUT2D eigenvalue weighted by Crippen LogP contribution is -2.02. The van der Waals surface area contributed by atoms with E-state index >= 15 is 0 Å². The van der Waals surface area contributed by atoms with E-state index in [1.165, 1.54) is 4.88 Å². The first kappa shape index (κ1) is 14.2. The van der Waals surface area contributed by atoms with Crippen LogP contribution in [0.1, 0.15) is 10.7 Å². The lowest BCUT2D eigenvalue weighted by atomic mass is 10.2. The van der Waals surface area contributed by atoms with Gasteiger partial charge in [0.05, 0.1) is 37.7 Å². The van der Waals surface area contributed by atoms with Gasteiger partial charge in [-0.15, -0.1) is 22.9 Å². The molecule has 0 atom stereocenters. The minimum absolute atomic E-state index is 0.366. The lowest BCUT2D eigenvalue weighted by Gasteiger charge is -2.09. The van der Waals surface area contributed by atoms with E-state index in [0.29, 0.717) is 17.4 Å². The van der Waals surface area contributed by atoms with Crippen molar-refractivity contribution in [3.63, 3.8) is 0 Å². The van der Waals surface area contributed by atoms with Gasteiger partial charge in [-0.3, -0.25) is 0 Å². The van der Waals surface area contributed by atoms with Gasteiger partial charge in [-0.25, -0.2) is 4.98 Å². The Hall–Kier alpha value is -1.72. The van der Waals surface area contributed by atoms with Gasteiger partial charge in [-0.1, -0.05) is 6.07 Å². The fourth-order valence-corrected chi connectivity index (χ4v) is 3.24. The van der Waals surface area contributed by atoms with Gasteiger partial charge in [-0.2, -0.15) is 0 Å². The Kier molecular flexibility index (Phi) is 4.03. The van der Waals surface area contributed by atoms with Crippen LogP contribution in [0.25, 0.3) is 11.0 Å². The van der Waals surface area contributed by atoms with E-state index in [1.54, 1.807) is 25.6 Å². The lowest BCUT2D eigenvalue weighted by molar-refractivity contribution is 0.355. The van der Waals surface area contributed by atoms with E-state index in [2.05, 4.69) is 21.0 Å². The molecule has 0 fully saturated rings. The van der Waals surface area contributed by atoms with Gasteiger partial charge in [-0.05, 0) is 11.4 Å². The van der Waals surface area contributed by atoms with Crippen molar-refractivity contribution >= 4 is 34.0 Å². The zero-order valence-electron chi connectivity index (χ0n) is 11.8. The minimum Gasteiger partial charge on any atom is -0.493 e. The van der Waals surface area contributed by atoms with Gasteiger partial charge in [0, 0.05) is 17.0 Å². The highest BCUT2D eigenvalue weighted by Crippen LogP contribution is 2.33. The Bertz CT molecular complexity index is 753. The van der Waals surface area contributed by atoms with Gasteiger partial charge < -0.3 is 14.0 Å². The summed E-state index contributed by atoms with van der Waals surface area (Å²) in [5.41, 5.74) is 1.86. The summed E-state index contributed by atoms with van der Waals surface area (Å²) < 4.78 is 12.8. The van der Waals surface area contributed by atoms with Gasteiger partial charge in [0.2, 0.25) is 0 Å². The van der Waals surface area contributed by atoms with E-state index in [4.69, 9.17) is 21.1 Å². The van der Waals surface area contributed by atoms with Crippen molar-refractivity contribution in [2.45, 2.75) is 12.4 Å². The summed E-state index contributed by atoms with van der Waals surface area (Å²) >= 11 is 7.77. The number of aromatic nitrogens is 2. The van der Waals surface area contributed by atoms with Crippen LogP contribution in [-0.4, -0.2) is 23.8 Å². The third kappa shape index (κ3) is 2.59. The summed E-state index contributed by atoms with van der Waals surface area (Å²) in [6, 6.07) is 7.98. The Morgan fingerprint density at radius 2 is 2.00 bits per heavy atom. The molecule has 3 aromatic rings. The Morgan fingerprint density at radius 3 is 2.62 bits per heavy atom. The molecule has 2 heterocycles. The molecule has 0 aliphatic carbocycles. The number of rotatable bonds is 5. The summed E-state index contributed by atoms with van der Waals surface area (Å²) in [6.45, 7) is 0.756. The standard InChI is InChI=1S/C15H15ClN2O2S/c1-19-13-6-11-12(7-14(13)20-2)18(15(8-16)17-11)9-10-4-3-5-21-10/h3-7H,8-9H2,1-2H3. The Morgan fingerprint density at radius 1 is 1.24 bits per heavy atom. The van der Waals surface area contributed by atoms with Crippen molar-refractivity contribution < 1.29 is 9.47 Å². The van der Waals surface area contributed by atoms with Crippen LogP contribution in [0, 0.1) is 0 Å². The van der Waals surface area contributed by atoms with Crippen LogP contribution in [0.3, 0.4) is 0 Å². The zero-order chi connectivity index (χ0) is 14.8. The highest BCUT2D eigenvalue weighted by molar-refractivity contribution is 7.09. The molecule has 1 aromatic carbocycles. The summed E-state index contributed by atoms with van der Waals surface area (Å²) in [5.74, 6) is 2.57. The van der Waals surface area contributed by atoms with Crippen LogP contribution < -0.4 is 9.47 Å². The number of alkyl halides is 1. The smallest absolute Gasteiger partial charge is 0.163 e. The first-order valence-corrected chi connectivity index (χ1v) is 7.87. The molecule has 0 radical (unpaired) electrons. The van der Waals surface area contributed by atoms with Crippen molar-refractivity contribution in [3.8, 4) is 11.5 Å². The number of methoxy groups -OCH3 is 2. The van der Waals surface area contributed by atoms with E-state index in [0.717, 1.165) is 23.4 Å². The van der Waals surface area contributed by atoms with E-state index in [-0.39, 0.29) is 0 Å². The first-order valence-electron chi connectivity index (χ1n) is 6.46. The molecule has 21 heavy (non-hydrogen) atoms. The van der Waals surface area contributed by atoms with Crippen molar-refractivity contribution in [3.05, 3.63) is 40.3 Å². The molecule has 0 saturated heterocycles. The number of fused-ring (bicyclic) bond motifs is 1. The monoisotopic (exact) mass is 322 g/mol. The van der Waals surface area contributed by atoms with E-state index < -0.39 is 0 Å². The number of halogens is 1. The molecule has 0 N–H and O–H groups in total. The maximum absolute atomic E-state index is 6.05. The summed E-state index contributed by atoms with van der Waals surface area (Å²) in [5, 5.41) is 2.07. The average molecular weight is 323 g/mol. The van der Waals surface area contributed by atoms with Gasteiger partial charge in [0.1, 0.15) is 5.82 Å². The van der Waals surface area contributed by atoms with Gasteiger partial charge in [0.15, 0.2) is 11.5 Å². The number of imidazole rings is 1. The summed E-state index contributed by atoms with van der Waals surface area (Å²) in [7, 11) is 3.25. The molecule has 0 saturated carbocycles. The topological polar surface area (TPSA) is 36.3 Å². The number of ether oxygens (including phenoxy) is 2. The molecule has 0 aliphatic heterocycles. The van der Waals surface area contributed by atoms with Crippen LogP contribution in [0.2, 0.25) is 0 Å². The minimum atomic E-state index is 0.366. The molecule has 4 nitrogen and oxygen atoms in total. The Labute approximate surface area is 131 Å². The molecule has 0 unspecified atom stereocenters. The van der Waals surface area contributed by atoms with Crippen molar-refractivity contribution in [2.75, 3.05) is 14.2 Å². The molecule has 0 aliphatic rings. The summed E-state index contributed by atoms with van der Waals surface area (Å²) in [6.07, 6.45) is 0. The van der Waals surface area contributed by atoms with Crippen molar-refractivity contribution in [2.24, 2.45) is 0 Å². The predicted octanol–water partition coefficient (Wildman–Crippen LogP) is 3.90. The number of hydrogen-bond acceptors (Lipinski definition) is 4. The Balaban J connectivity index is 2.16. The molecule has 0 bridgehead atoms. The van der Waals surface area contributed by atoms with Crippen LogP contribution in [0.5, 0.6) is 11.5 Å². The number of benzene rings is 1. The number of hydrogen-bond donors (Lipinski definition) is 0. The summed E-state index contributed by atoms with van der Waals surface area (Å²) in [4.78, 5) is 5.86. The van der Waals surface area contributed by atoms with Crippen LogP contribution >= 0.6 is 22.9 Å². The highest BCUT2D eigenvalue weighted by atomic mass is 35.5. The second kappa shape index (κ2) is 5.95. The van der Waals surface area contributed by atoms with E-state index in [1.807, 2.05) is 18.2 Å². The fourth-order valence-electron chi connectivity index (χ4n) is 2.34. The van der Waals surface area contributed by atoms with Crippen molar-refractivity contribution in [1.29, 1.82) is 0 Å². The highest BCUT2D eigenvalue weighted by Gasteiger charge is 2.15. The molecule has 3 rings (SSSR count). The maximum Gasteiger partial charge on any atom is 0.163 e. The predicted molar refractivity (Wildman–Crippen MR) is 85.8 cm³/mol. The largest absolute Gasteiger partial charge is 0.493 e. The molecule has 0 spiro atoms.